The average Bonchev–Trinajstić information content (AvgIpc) is 3.07. The first-order valence-electron chi connectivity index (χ1n) is 8.61. The lowest BCUT2D eigenvalue weighted by Crippen LogP contribution is -2.27. The normalized spacial score (nSPS) is 10.7. The topological polar surface area (TPSA) is 59.0 Å². The van der Waals surface area contributed by atoms with Crippen LogP contribution in [0.3, 0.4) is 0 Å². The number of carbonyl (C=O) groups is 1. The second kappa shape index (κ2) is 9.25. The molecule has 3 rings (SSSR count). The summed E-state index contributed by atoms with van der Waals surface area (Å²) < 4.78 is 20.7. The Labute approximate surface area is 161 Å². The van der Waals surface area contributed by atoms with E-state index in [1.165, 1.54) is 12.1 Å². The van der Waals surface area contributed by atoms with Crippen molar-refractivity contribution < 1.29 is 13.9 Å². The van der Waals surface area contributed by atoms with Gasteiger partial charge < -0.3 is 15.0 Å². The van der Waals surface area contributed by atoms with E-state index in [-0.39, 0.29) is 11.7 Å². The van der Waals surface area contributed by atoms with Gasteiger partial charge in [-0.3, -0.25) is 9.36 Å². The molecule has 1 aromatic heterocycles. The molecular weight excluding hydrogens is 365 g/mol. The smallest absolute Gasteiger partial charge is 0.269 e. The van der Waals surface area contributed by atoms with Gasteiger partial charge in [-0.05, 0) is 48.5 Å². The van der Waals surface area contributed by atoms with Gasteiger partial charge >= 0.3 is 0 Å². The summed E-state index contributed by atoms with van der Waals surface area (Å²) in [6.45, 7) is 1.58. The molecule has 0 aliphatic rings. The van der Waals surface area contributed by atoms with Crippen molar-refractivity contribution in [2.24, 2.45) is 0 Å². The third kappa shape index (κ3) is 5.12. The molecule has 140 valence electrons. The predicted octanol–water partition coefficient (Wildman–Crippen LogP) is 4.01. The van der Waals surface area contributed by atoms with Crippen molar-refractivity contribution in [1.29, 1.82) is 0 Å². The van der Waals surface area contributed by atoms with Gasteiger partial charge in [0, 0.05) is 25.0 Å². The number of rotatable bonds is 8. The van der Waals surface area contributed by atoms with E-state index in [9.17, 15) is 9.18 Å². The molecule has 0 unspecified atom stereocenters. The van der Waals surface area contributed by atoms with Crippen LogP contribution in [-0.2, 0) is 11.3 Å². The van der Waals surface area contributed by atoms with Gasteiger partial charge in [-0.25, -0.2) is 4.39 Å². The second-order valence-electron chi connectivity index (χ2n) is 5.94. The molecule has 27 heavy (non-hydrogen) atoms. The molecule has 0 radical (unpaired) electrons. The summed E-state index contributed by atoms with van der Waals surface area (Å²) in [5.74, 6) is -0.600. The number of H-pyrrole nitrogens is 1. The van der Waals surface area contributed by atoms with Crippen molar-refractivity contribution >= 4 is 18.1 Å². The van der Waals surface area contributed by atoms with E-state index in [0.29, 0.717) is 42.3 Å². The molecular formula is C20H20FN3O2S. The molecule has 0 aliphatic heterocycles. The van der Waals surface area contributed by atoms with Crippen molar-refractivity contribution in [1.82, 2.24) is 14.9 Å². The molecule has 1 heterocycles. The van der Waals surface area contributed by atoms with Crippen LogP contribution in [0.2, 0.25) is 0 Å². The molecule has 1 amide bonds. The van der Waals surface area contributed by atoms with E-state index in [0.717, 1.165) is 5.56 Å². The van der Waals surface area contributed by atoms with E-state index in [4.69, 9.17) is 17.0 Å². The molecule has 0 spiro atoms. The first-order valence-corrected chi connectivity index (χ1v) is 9.02. The van der Waals surface area contributed by atoms with Crippen LogP contribution in [0.4, 0.5) is 4.39 Å². The number of aromatic amines is 1. The molecule has 2 aromatic carbocycles. The van der Waals surface area contributed by atoms with Crippen molar-refractivity contribution in [3.63, 3.8) is 0 Å². The fourth-order valence-electron chi connectivity index (χ4n) is 2.61. The number of ether oxygens (including phenoxy) is 1. The van der Waals surface area contributed by atoms with Crippen LogP contribution in [0.1, 0.15) is 22.5 Å². The maximum Gasteiger partial charge on any atom is 0.269 e. The highest BCUT2D eigenvalue weighted by Gasteiger charge is 2.14. The number of hydrogen-bond acceptors (Lipinski definition) is 3. The highest BCUT2D eigenvalue weighted by molar-refractivity contribution is 7.71. The number of nitrogens with zero attached hydrogens (tertiary/aromatic N) is 1. The molecule has 0 atom stereocenters. The van der Waals surface area contributed by atoms with Gasteiger partial charge in [-0.1, -0.05) is 30.3 Å². The van der Waals surface area contributed by atoms with E-state index in [2.05, 4.69) is 10.3 Å². The Hall–Kier alpha value is -2.77. The molecule has 0 saturated heterocycles. The Balaban J connectivity index is 1.50. The molecule has 0 saturated carbocycles. The molecule has 2 N–H and O–H groups in total. The number of halogens is 1. The second-order valence-corrected chi connectivity index (χ2v) is 6.33. The first-order chi connectivity index (χ1) is 13.1. The van der Waals surface area contributed by atoms with Crippen LogP contribution in [0.5, 0.6) is 0 Å². The number of aromatic nitrogens is 2. The third-order valence-corrected chi connectivity index (χ3v) is 4.26. The van der Waals surface area contributed by atoms with Crippen LogP contribution in [0.25, 0.3) is 5.69 Å². The Morgan fingerprint density at radius 2 is 1.89 bits per heavy atom. The number of hydrogen-bond donors (Lipinski definition) is 2. The zero-order valence-corrected chi connectivity index (χ0v) is 15.5. The van der Waals surface area contributed by atoms with Crippen LogP contribution in [0.15, 0.2) is 60.8 Å². The number of nitrogens with one attached hydrogen (secondary N) is 2. The van der Waals surface area contributed by atoms with E-state index in [1.54, 1.807) is 22.9 Å². The molecule has 0 aliphatic carbocycles. The van der Waals surface area contributed by atoms with Gasteiger partial charge in [0.1, 0.15) is 11.5 Å². The lowest BCUT2D eigenvalue weighted by atomic mass is 10.2. The minimum atomic E-state index is -0.345. The van der Waals surface area contributed by atoms with Crippen molar-refractivity contribution in [2.75, 3.05) is 13.2 Å². The highest BCUT2D eigenvalue weighted by atomic mass is 32.1. The lowest BCUT2D eigenvalue weighted by Gasteiger charge is -2.09. The van der Waals surface area contributed by atoms with Crippen molar-refractivity contribution in [3.05, 3.63) is 82.6 Å². The summed E-state index contributed by atoms with van der Waals surface area (Å²) in [5, 5.41) is 2.85. The fraction of sp³-hybridized carbons (Fsp3) is 0.200. The zero-order chi connectivity index (χ0) is 19.1. The van der Waals surface area contributed by atoms with E-state index >= 15 is 0 Å². The van der Waals surface area contributed by atoms with Gasteiger partial charge in [-0.15, -0.1) is 0 Å². The van der Waals surface area contributed by atoms with Gasteiger partial charge in [0.25, 0.3) is 5.91 Å². The molecule has 5 nitrogen and oxygen atoms in total. The number of benzene rings is 2. The van der Waals surface area contributed by atoms with Gasteiger partial charge in [-0.2, -0.15) is 0 Å². The quantitative estimate of drug-likeness (QED) is 0.455. The number of carbonyl (C=O) groups excluding carboxylic acids is 1. The summed E-state index contributed by atoms with van der Waals surface area (Å²) in [6, 6.07) is 15.7. The largest absolute Gasteiger partial charge is 0.377 e. The van der Waals surface area contributed by atoms with Crippen molar-refractivity contribution in [3.8, 4) is 5.69 Å². The maximum atomic E-state index is 13.1. The molecule has 7 heteroatoms. The zero-order valence-electron chi connectivity index (χ0n) is 14.7. The highest BCUT2D eigenvalue weighted by Crippen LogP contribution is 2.13. The van der Waals surface area contributed by atoms with Crippen molar-refractivity contribution in [2.45, 2.75) is 13.0 Å². The van der Waals surface area contributed by atoms with Gasteiger partial charge in [0.2, 0.25) is 0 Å². The Bertz CT molecular complexity index is 936. The Morgan fingerprint density at radius 1 is 1.15 bits per heavy atom. The molecule has 0 fully saturated rings. The monoisotopic (exact) mass is 385 g/mol. The summed E-state index contributed by atoms with van der Waals surface area (Å²) in [4.78, 5) is 15.3. The summed E-state index contributed by atoms with van der Waals surface area (Å²) >= 11 is 5.24. The van der Waals surface area contributed by atoms with E-state index in [1.807, 2.05) is 30.3 Å². The van der Waals surface area contributed by atoms with E-state index < -0.39 is 0 Å². The van der Waals surface area contributed by atoms with Crippen LogP contribution < -0.4 is 5.32 Å². The van der Waals surface area contributed by atoms with Gasteiger partial charge in [0.05, 0.1) is 6.61 Å². The van der Waals surface area contributed by atoms with Crippen LogP contribution in [0, 0.1) is 10.6 Å². The number of imidazole rings is 1. The van der Waals surface area contributed by atoms with Crippen LogP contribution >= 0.6 is 12.2 Å². The summed E-state index contributed by atoms with van der Waals surface area (Å²) in [5.41, 5.74) is 2.11. The molecule has 3 aromatic rings. The summed E-state index contributed by atoms with van der Waals surface area (Å²) in [6.07, 6.45) is 2.24. The summed E-state index contributed by atoms with van der Waals surface area (Å²) in [7, 11) is 0. The predicted molar refractivity (Wildman–Crippen MR) is 104 cm³/mol. The SMILES string of the molecule is O=C(NCCCOCc1ccccc1)c1c[nH]c(=S)n1-c1ccc(F)cc1. The third-order valence-electron chi connectivity index (χ3n) is 3.96. The average molecular weight is 385 g/mol. The minimum Gasteiger partial charge on any atom is -0.377 e. The molecule has 0 bridgehead atoms. The fourth-order valence-corrected chi connectivity index (χ4v) is 2.88. The maximum absolute atomic E-state index is 13.1. The standard InChI is InChI=1S/C20H20FN3O2S/c21-16-7-9-17(10-8-16)24-18(13-23-20(24)27)19(25)22-11-4-12-26-14-15-5-2-1-3-6-15/h1-3,5-10,13H,4,11-12,14H2,(H,22,25)(H,23,27). The van der Waals surface area contributed by atoms with Gasteiger partial charge in [0.15, 0.2) is 4.77 Å². The van der Waals surface area contributed by atoms with Crippen LogP contribution in [-0.4, -0.2) is 28.6 Å². The first kappa shape index (κ1) is 19.0. The Morgan fingerprint density at radius 3 is 2.63 bits per heavy atom. The lowest BCUT2D eigenvalue weighted by molar-refractivity contribution is 0.0928. The number of amides is 1. The Kier molecular flexibility index (Phi) is 6.51. The minimum absolute atomic E-state index is 0.255.